The van der Waals surface area contributed by atoms with Crippen molar-refractivity contribution in [3.05, 3.63) is 34.2 Å². The van der Waals surface area contributed by atoms with Gasteiger partial charge in [-0.25, -0.2) is 9.59 Å². The molecule has 3 saturated heterocycles. The van der Waals surface area contributed by atoms with Gasteiger partial charge in [-0.1, -0.05) is 12.1 Å². The average Bonchev–Trinajstić information content (AvgIpc) is 3.13. The number of hydrogen-bond donors (Lipinski definition) is 1. The lowest BCUT2D eigenvalue weighted by Crippen LogP contribution is -2.45. The number of hydrogen-bond acceptors (Lipinski definition) is 5. The number of likely N-dealkylation sites (N-methyl/N-ethyl adjacent to an activating group) is 1. The molecule has 0 aliphatic carbocycles. The zero-order chi connectivity index (χ0) is 25.6. The average molecular weight is 498 g/mol. The molecule has 0 radical (unpaired) electrons. The maximum absolute atomic E-state index is 13.3. The number of imide groups is 1. The minimum atomic E-state index is -0.819. The van der Waals surface area contributed by atoms with Gasteiger partial charge in [0.15, 0.2) is 0 Å². The molecule has 2 aromatic rings. The Morgan fingerprint density at radius 2 is 1.67 bits per heavy atom. The van der Waals surface area contributed by atoms with Crippen LogP contribution < -0.4 is 5.69 Å². The van der Waals surface area contributed by atoms with Crippen LogP contribution >= 0.6 is 0 Å². The molecule has 10 heteroatoms. The van der Waals surface area contributed by atoms with Crippen molar-refractivity contribution in [2.45, 2.75) is 50.5 Å². The molecule has 4 heterocycles. The second-order valence-corrected chi connectivity index (χ2v) is 10.6. The fraction of sp³-hybridized carbons (Fsp3) is 0.615. The first kappa shape index (κ1) is 24.5. The predicted molar refractivity (Wildman–Crippen MR) is 134 cm³/mol. The summed E-state index contributed by atoms with van der Waals surface area (Å²) in [6, 6.07) is 5.32. The van der Waals surface area contributed by atoms with Crippen LogP contribution in [0.1, 0.15) is 56.0 Å². The largest absolute Gasteiger partial charge is 0.465 e. The standard InChI is InChI=1S/C26H35N5O5/c1-27-22(32)7-6-21(24(27)33)31-20-5-3-4-19(23(20)28(2)25(31)34)18-10-12-29(13-11-18)16-17-8-14-30(15-9-17)26(35)36/h3-5,17-18,21H,6-16H2,1-2H3,(H,35,36). The fourth-order valence-electron chi connectivity index (χ4n) is 6.34. The van der Waals surface area contributed by atoms with Crippen molar-refractivity contribution >= 4 is 28.9 Å². The molecule has 3 fully saturated rings. The zero-order valence-corrected chi connectivity index (χ0v) is 21.1. The lowest BCUT2D eigenvalue weighted by atomic mass is 9.87. The van der Waals surface area contributed by atoms with Gasteiger partial charge in [-0.2, -0.15) is 0 Å². The summed E-state index contributed by atoms with van der Waals surface area (Å²) in [6.45, 7) is 4.20. The summed E-state index contributed by atoms with van der Waals surface area (Å²) >= 11 is 0. The molecule has 0 saturated carbocycles. The van der Waals surface area contributed by atoms with Crippen molar-refractivity contribution in [3.8, 4) is 0 Å². The van der Waals surface area contributed by atoms with Crippen molar-refractivity contribution in [1.82, 2.24) is 23.8 Å². The molecule has 1 atom stereocenters. The summed E-state index contributed by atoms with van der Waals surface area (Å²) in [5.41, 5.74) is 2.57. The molecule has 0 spiro atoms. The van der Waals surface area contributed by atoms with E-state index in [9.17, 15) is 19.2 Å². The topological polar surface area (TPSA) is 108 Å². The minimum absolute atomic E-state index is 0.204. The van der Waals surface area contributed by atoms with Gasteiger partial charge in [-0.3, -0.25) is 23.6 Å². The van der Waals surface area contributed by atoms with Crippen LogP contribution in [0.4, 0.5) is 4.79 Å². The number of amides is 3. The maximum Gasteiger partial charge on any atom is 0.407 e. The molecule has 1 unspecified atom stereocenters. The van der Waals surface area contributed by atoms with Gasteiger partial charge in [0.2, 0.25) is 5.91 Å². The predicted octanol–water partition coefficient (Wildman–Crippen LogP) is 2.23. The van der Waals surface area contributed by atoms with Gasteiger partial charge in [0, 0.05) is 40.2 Å². The molecule has 3 aliphatic heterocycles. The van der Waals surface area contributed by atoms with E-state index in [1.807, 2.05) is 12.1 Å². The smallest absolute Gasteiger partial charge is 0.407 e. The van der Waals surface area contributed by atoms with Gasteiger partial charge in [-0.05, 0) is 68.7 Å². The van der Waals surface area contributed by atoms with Gasteiger partial charge < -0.3 is 14.9 Å². The van der Waals surface area contributed by atoms with Gasteiger partial charge in [-0.15, -0.1) is 0 Å². The molecular formula is C26H35N5O5. The number of fused-ring (bicyclic) bond motifs is 1. The highest BCUT2D eigenvalue weighted by molar-refractivity contribution is 6.00. The highest BCUT2D eigenvalue weighted by Gasteiger charge is 2.36. The SMILES string of the molecule is CN1C(=O)CCC(n2c(=O)n(C)c3c(C4CCN(CC5CCN(C(=O)O)CC5)CC4)cccc32)C1=O. The number of carboxylic acid groups (broad SMARTS) is 1. The summed E-state index contributed by atoms with van der Waals surface area (Å²) < 4.78 is 3.25. The Labute approximate surface area is 210 Å². The van der Waals surface area contributed by atoms with Crippen molar-refractivity contribution in [3.63, 3.8) is 0 Å². The van der Waals surface area contributed by atoms with E-state index in [0.29, 0.717) is 31.3 Å². The Hall–Kier alpha value is -3.14. The first-order valence-corrected chi connectivity index (χ1v) is 13.0. The zero-order valence-electron chi connectivity index (χ0n) is 21.1. The number of aryl methyl sites for hydroxylation is 1. The van der Waals surface area contributed by atoms with E-state index in [1.165, 1.54) is 11.9 Å². The molecular weight excluding hydrogens is 462 g/mol. The van der Waals surface area contributed by atoms with Crippen LogP contribution in [0.5, 0.6) is 0 Å². The number of carbonyl (C=O) groups is 3. The Morgan fingerprint density at radius 3 is 2.33 bits per heavy atom. The van der Waals surface area contributed by atoms with Gasteiger partial charge in [0.25, 0.3) is 5.91 Å². The lowest BCUT2D eigenvalue weighted by molar-refractivity contribution is -0.149. The van der Waals surface area contributed by atoms with E-state index in [1.54, 1.807) is 16.2 Å². The van der Waals surface area contributed by atoms with Crippen LogP contribution in [-0.4, -0.2) is 86.6 Å². The second kappa shape index (κ2) is 9.72. The third-order valence-electron chi connectivity index (χ3n) is 8.50. The molecule has 1 aromatic carbocycles. The molecule has 1 N–H and O–H groups in total. The third-order valence-corrected chi connectivity index (χ3v) is 8.50. The monoisotopic (exact) mass is 497 g/mol. The van der Waals surface area contributed by atoms with Crippen molar-refractivity contribution in [1.29, 1.82) is 0 Å². The molecule has 5 rings (SSSR count). The van der Waals surface area contributed by atoms with E-state index in [-0.39, 0.29) is 23.9 Å². The molecule has 194 valence electrons. The number of para-hydroxylation sites is 1. The normalized spacial score (nSPS) is 23.1. The summed E-state index contributed by atoms with van der Waals surface area (Å²) in [5, 5.41) is 9.17. The minimum Gasteiger partial charge on any atom is -0.465 e. The van der Waals surface area contributed by atoms with E-state index in [0.717, 1.165) is 66.8 Å². The molecule has 1 aromatic heterocycles. The second-order valence-electron chi connectivity index (χ2n) is 10.6. The molecule has 3 amide bonds. The highest BCUT2D eigenvalue weighted by Crippen LogP contribution is 2.35. The van der Waals surface area contributed by atoms with Crippen molar-refractivity contribution in [2.75, 3.05) is 39.8 Å². The number of carbonyl (C=O) groups excluding carboxylic acids is 2. The number of piperidine rings is 3. The Bertz CT molecular complexity index is 1230. The summed E-state index contributed by atoms with van der Waals surface area (Å²) in [6.07, 6.45) is 3.60. The van der Waals surface area contributed by atoms with E-state index in [4.69, 9.17) is 5.11 Å². The van der Waals surface area contributed by atoms with Crippen LogP contribution in [-0.2, 0) is 16.6 Å². The Kier molecular flexibility index (Phi) is 6.63. The number of benzene rings is 1. The summed E-state index contributed by atoms with van der Waals surface area (Å²) in [5.74, 6) is 0.332. The lowest BCUT2D eigenvalue weighted by Gasteiger charge is -2.37. The molecule has 36 heavy (non-hydrogen) atoms. The molecule has 0 bridgehead atoms. The number of rotatable bonds is 4. The van der Waals surface area contributed by atoms with Crippen LogP contribution in [0.25, 0.3) is 11.0 Å². The van der Waals surface area contributed by atoms with Crippen molar-refractivity contribution in [2.24, 2.45) is 13.0 Å². The maximum atomic E-state index is 13.3. The van der Waals surface area contributed by atoms with Crippen molar-refractivity contribution < 1.29 is 19.5 Å². The first-order valence-electron chi connectivity index (χ1n) is 13.0. The van der Waals surface area contributed by atoms with Crippen LogP contribution in [0.15, 0.2) is 23.0 Å². The number of nitrogens with zero attached hydrogens (tertiary/aromatic N) is 5. The Morgan fingerprint density at radius 1 is 0.972 bits per heavy atom. The molecule has 10 nitrogen and oxygen atoms in total. The fourth-order valence-corrected chi connectivity index (χ4v) is 6.34. The van der Waals surface area contributed by atoms with Gasteiger partial charge >= 0.3 is 11.8 Å². The molecule has 3 aliphatic rings. The summed E-state index contributed by atoms with van der Waals surface area (Å²) in [4.78, 5) is 54.5. The van der Waals surface area contributed by atoms with E-state index in [2.05, 4.69) is 11.0 Å². The van der Waals surface area contributed by atoms with Gasteiger partial charge in [0.05, 0.1) is 11.0 Å². The third kappa shape index (κ3) is 4.31. The van der Waals surface area contributed by atoms with Gasteiger partial charge in [0.1, 0.15) is 6.04 Å². The van der Waals surface area contributed by atoms with Crippen LogP contribution in [0.3, 0.4) is 0 Å². The van der Waals surface area contributed by atoms with E-state index >= 15 is 0 Å². The highest BCUT2D eigenvalue weighted by atomic mass is 16.4. The van der Waals surface area contributed by atoms with Crippen LogP contribution in [0, 0.1) is 5.92 Å². The van der Waals surface area contributed by atoms with Crippen LogP contribution in [0.2, 0.25) is 0 Å². The summed E-state index contributed by atoms with van der Waals surface area (Å²) in [7, 11) is 3.26. The Balaban J connectivity index is 1.31. The first-order chi connectivity index (χ1) is 17.3. The number of aromatic nitrogens is 2. The number of likely N-dealkylation sites (tertiary alicyclic amines) is 3. The quantitative estimate of drug-likeness (QED) is 0.649. The number of imidazole rings is 1. The van der Waals surface area contributed by atoms with E-state index < -0.39 is 12.1 Å².